The second-order valence-corrected chi connectivity index (χ2v) is 4.90. The topological polar surface area (TPSA) is 80.3 Å². The lowest BCUT2D eigenvalue weighted by Crippen LogP contribution is -2.11. The minimum absolute atomic E-state index is 0.0643. The maximum absolute atomic E-state index is 9.13. The molecule has 0 saturated carbocycles. The average molecular weight is 286 g/mol. The van der Waals surface area contributed by atoms with E-state index in [0.717, 1.165) is 22.8 Å². The quantitative estimate of drug-likeness (QED) is 0.735. The molecule has 0 saturated heterocycles. The van der Waals surface area contributed by atoms with Crippen molar-refractivity contribution >= 4 is 11.6 Å². The Labute approximate surface area is 122 Å². The van der Waals surface area contributed by atoms with Gasteiger partial charge in [0.05, 0.1) is 37.3 Å². The smallest absolute Gasteiger partial charge is 0.233 e. The first-order valence-corrected chi connectivity index (χ1v) is 6.86. The highest BCUT2D eigenvalue weighted by atomic mass is 16.3. The fraction of sp³-hybridized carbons (Fsp3) is 0.357. The maximum Gasteiger partial charge on any atom is 0.233 e. The summed E-state index contributed by atoms with van der Waals surface area (Å²) in [6.07, 6.45) is 5.48. The van der Waals surface area contributed by atoms with Crippen LogP contribution in [0.1, 0.15) is 17.0 Å². The average Bonchev–Trinajstić information content (AvgIpc) is 3.01. The Hall–Kier alpha value is -2.41. The van der Waals surface area contributed by atoms with E-state index in [9.17, 15) is 0 Å². The third-order valence-corrected chi connectivity index (χ3v) is 3.54. The number of aliphatic hydroxyl groups excluding tert-OH is 1. The number of anilines is 1. The molecule has 0 aliphatic rings. The summed E-state index contributed by atoms with van der Waals surface area (Å²) in [7, 11) is 0. The molecule has 2 N–H and O–H groups in total. The van der Waals surface area contributed by atoms with Crippen LogP contribution in [0.3, 0.4) is 0 Å². The molecular formula is C14H18N6O. The first kappa shape index (κ1) is 13.6. The lowest BCUT2D eigenvalue weighted by atomic mass is 10.3. The largest absolute Gasteiger partial charge is 0.394 e. The van der Waals surface area contributed by atoms with Gasteiger partial charge < -0.3 is 10.4 Å². The number of nitrogens with one attached hydrogen (secondary N) is 1. The van der Waals surface area contributed by atoms with E-state index < -0.39 is 0 Å². The molecular weight excluding hydrogens is 268 g/mol. The zero-order valence-electron chi connectivity index (χ0n) is 12.1. The number of aliphatic hydroxyl groups is 1. The van der Waals surface area contributed by atoms with Crippen molar-refractivity contribution in [2.45, 2.75) is 26.9 Å². The van der Waals surface area contributed by atoms with Gasteiger partial charge in [-0.05, 0) is 19.9 Å². The van der Waals surface area contributed by atoms with E-state index in [1.54, 1.807) is 10.9 Å². The summed E-state index contributed by atoms with van der Waals surface area (Å²) in [6.45, 7) is 5.14. The minimum Gasteiger partial charge on any atom is -0.394 e. The van der Waals surface area contributed by atoms with E-state index in [4.69, 9.17) is 5.11 Å². The summed E-state index contributed by atoms with van der Waals surface area (Å²) in [5, 5.41) is 16.9. The lowest BCUT2D eigenvalue weighted by molar-refractivity contribution is 0.270. The Morgan fingerprint density at radius 1 is 1.29 bits per heavy atom. The van der Waals surface area contributed by atoms with Crippen molar-refractivity contribution in [1.29, 1.82) is 0 Å². The summed E-state index contributed by atoms with van der Waals surface area (Å²) in [4.78, 5) is 8.47. The molecule has 0 atom stereocenters. The Balaban J connectivity index is 1.84. The van der Waals surface area contributed by atoms with Gasteiger partial charge in [-0.25, -0.2) is 14.6 Å². The number of fused-ring (bicyclic) bond motifs is 1. The van der Waals surface area contributed by atoms with E-state index in [1.807, 2.05) is 36.7 Å². The van der Waals surface area contributed by atoms with Crippen LogP contribution >= 0.6 is 0 Å². The second kappa shape index (κ2) is 5.53. The number of rotatable bonds is 5. The Kier molecular flexibility index (Phi) is 3.57. The van der Waals surface area contributed by atoms with E-state index in [-0.39, 0.29) is 6.61 Å². The van der Waals surface area contributed by atoms with Gasteiger partial charge in [-0.2, -0.15) is 5.10 Å². The van der Waals surface area contributed by atoms with Gasteiger partial charge in [0.25, 0.3) is 0 Å². The van der Waals surface area contributed by atoms with Crippen molar-refractivity contribution in [3.8, 4) is 0 Å². The molecule has 7 heteroatoms. The molecule has 0 amide bonds. The first-order valence-electron chi connectivity index (χ1n) is 6.86. The van der Waals surface area contributed by atoms with Crippen LogP contribution in [0.2, 0.25) is 0 Å². The van der Waals surface area contributed by atoms with Gasteiger partial charge in [-0.1, -0.05) is 0 Å². The first-order chi connectivity index (χ1) is 10.2. The van der Waals surface area contributed by atoms with Gasteiger partial charge in [0.2, 0.25) is 5.78 Å². The molecule has 7 nitrogen and oxygen atoms in total. The predicted octanol–water partition coefficient (Wildman–Crippen LogP) is 1.15. The summed E-state index contributed by atoms with van der Waals surface area (Å²) in [5.74, 6) is 1.62. The van der Waals surface area contributed by atoms with Crippen molar-refractivity contribution in [1.82, 2.24) is 24.1 Å². The van der Waals surface area contributed by atoms with Crippen LogP contribution in [0.25, 0.3) is 5.78 Å². The predicted molar refractivity (Wildman–Crippen MR) is 79.1 cm³/mol. The van der Waals surface area contributed by atoms with Crippen LogP contribution in [0.15, 0.2) is 24.7 Å². The van der Waals surface area contributed by atoms with Crippen molar-refractivity contribution in [2.24, 2.45) is 0 Å². The molecule has 0 aliphatic heterocycles. The molecule has 0 unspecified atom stereocenters. The van der Waals surface area contributed by atoms with Crippen LogP contribution in [-0.2, 0) is 13.1 Å². The van der Waals surface area contributed by atoms with E-state index in [0.29, 0.717) is 18.9 Å². The highest BCUT2D eigenvalue weighted by molar-refractivity contribution is 5.47. The minimum atomic E-state index is 0.0643. The van der Waals surface area contributed by atoms with E-state index in [2.05, 4.69) is 20.4 Å². The molecule has 3 rings (SSSR count). The van der Waals surface area contributed by atoms with Gasteiger partial charge in [-0.3, -0.25) is 4.40 Å². The zero-order chi connectivity index (χ0) is 14.8. The number of imidazole rings is 1. The summed E-state index contributed by atoms with van der Waals surface area (Å²) >= 11 is 0. The van der Waals surface area contributed by atoms with Crippen LogP contribution in [0.4, 0.5) is 5.82 Å². The van der Waals surface area contributed by atoms with Gasteiger partial charge in [0, 0.05) is 18.0 Å². The van der Waals surface area contributed by atoms with Gasteiger partial charge in [0.1, 0.15) is 5.82 Å². The number of aromatic nitrogens is 5. The third-order valence-electron chi connectivity index (χ3n) is 3.54. The number of nitrogens with zero attached hydrogens (tertiary/aromatic N) is 5. The third kappa shape index (κ3) is 2.47. The molecule has 3 heterocycles. The molecule has 0 spiro atoms. The van der Waals surface area contributed by atoms with E-state index >= 15 is 0 Å². The molecule has 0 radical (unpaired) electrons. The molecule has 0 bridgehead atoms. The van der Waals surface area contributed by atoms with Crippen LogP contribution in [0.5, 0.6) is 0 Å². The normalized spacial score (nSPS) is 11.2. The zero-order valence-corrected chi connectivity index (χ0v) is 12.1. The fourth-order valence-electron chi connectivity index (χ4n) is 2.33. The standard InChI is InChI=1S/C14H18N6O/c1-10-11(2)18-20(6-7-21)13(10)16-8-12-9-17-14-15-4-3-5-19(12)14/h3-5,9,16,21H,6-8H2,1-2H3. The molecule has 3 aromatic heterocycles. The molecule has 0 aromatic carbocycles. The Bertz CT molecular complexity index is 760. The van der Waals surface area contributed by atoms with Crippen molar-refractivity contribution in [2.75, 3.05) is 11.9 Å². The molecule has 3 aromatic rings. The Morgan fingerprint density at radius 3 is 2.95 bits per heavy atom. The maximum atomic E-state index is 9.13. The van der Waals surface area contributed by atoms with Crippen LogP contribution < -0.4 is 5.32 Å². The highest BCUT2D eigenvalue weighted by Gasteiger charge is 2.12. The highest BCUT2D eigenvalue weighted by Crippen LogP contribution is 2.19. The number of hydrogen-bond acceptors (Lipinski definition) is 5. The lowest BCUT2D eigenvalue weighted by Gasteiger charge is -2.10. The SMILES string of the molecule is Cc1nn(CCO)c(NCc2cnc3ncccn23)c1C. The van der Waals surface area contributed by atoms with Gasteiger partial charge in [-0.15, -0.1) is 0 Å². The Morgan fingerprint density at radius 2 is 2.14 bits per heavy atom. The van der Waals surface area contributed by atoms with Crippen LogP contribution in [-0.4, -0.2) is 35.9 Å². The summed E-state index contributed by atoms with van der Waals surface area (Å²) in [6, 6.07) is 1.88. The molecule has 110 valence electrons. The van der Waals surface area contributed by atoms with E-state index in [1.165, 1.54) is 0 Å². The summed E-state index contributed by atoms with van der Waals surface area (Å²) < 4.78 is 3.74. The molecule has 0 fully saturated rings. The molecule has 21 heavy (non-hydrogen) atoms. The van der Waals surface area contributed by atoms with Crippen molar-refractivity contribution < 1.29 is 5.11 Å². The fourth-order valence-corrected chi connectivity index (χ4v) is 2.33. The van der Waals surface area contributed by atoms with Crippen LogP contribution in [0, 0.1) is 13.8 Å². The number of aryl methyl sites for hydroxylation is 1. The van der Waals surface area contributed by atoms with Crippen molar-refractivity contribution in [3.63, 3.8) is 0 Å². The molecule has 0 aliphatic carbocycles. The van der Waals surface area contributed by atoms with Gasteiger partial charge in [0.15, 0.2) is 0 Å². The van der Waals surface area contributed by atoms with Gasteiger partial charge >= 0.3 is 0 Å². The summed E-state index contributed by atoms with van der Waals surface area (Å²) in [5.41, 5.74) is 3.08. The second-order valence-electron chi connectivity index (χ2n) is 4.90. The van der Waals surface area contributed by atoms with Crippen molar-refractivity contribution in [3.05, 3.63) is 41.6 Å². The monoisotopic (exact) mass is 286 g/mol. The number of hydrogen-bond donors (Lipinski definition) is 2.